The van der Waals surface area contributed by atoms with Crippen LogP contribution in [0, 0.1) is 0 Å². The third-order valence-electron chi connectivity index (χ3n) is 3.88. The minimum absolute atomic E-state index is 0.0874. The van der Waals surface area contributed by atoms with Crippen molar-refractivity contribution in [2.45, 2.75) is 24.3 Å². The number of carbonyl (C=O) groups is 3. The molecule has 9 heteroatoms. The van der Waals surface area contributed by atoms with Crippen molar-refractivity contribution >= 4 is 51.1 Å². The summed E-state index contributed by atoms with van der Waals surface area (Å²) in [6, 6.07) is 12.1. The molecule has 2 aromatic rings. The van der Waals surface area contributed by atoms with Gasteiger partial charge in [0.1, 0.15) is 5.75 Å². The van der Waals surface area contributed by atoms with Gasteiger partial charge in [-0.1, -0.05) is 22.0 Å². The van der Waals surface area contributed by atoms with Gasteiger partial charge in [-0.3, -0.25) is 25.2 Å². The van der Waals surface area contributed by atoms with Crippen LogP contribution >= 0.6 is 27.7 Å². The van der Waals surface area contributed by atoms with Crippen LogP contribution in [-0.4, -0.2) is 29.6 Å². The van der Waals surface area contributed by atoms with Crippen LogP contribution in [0.25, 0.3) is 0 Å². The number of hydrogen-bond acceptors (Lipinski definition) is 5. The second-order valence-corrected chi connectivity index (χ2v) is 8.07. The van der Waals surface area contributed by atoms with Gasteiger partial charge in [-0.2, -0.15) is 0 Å². The standard InChI is InChI=1S/C19H18BrN3O4S/c1-11(27-14-4-2-3-13(20)10-14)18(25)22-23-19(26)12-5-6-16-15(9-12)21-17(24)7-8-28-16/h2-6,9-11H,7-8H2,1H3,(H,21,24)(H,22,25)(H,23,26)/t11-/m1/s1. The molecular weight excluding hydrogens is 446 g/mol. The van der Waals surface area contributed by atoms with Crippen LogP contribution in [0.3, 0.4) is 0 Å². The van der Waals surface area contributed by atoms with Crippen molar-refractivity contribution < 1.29 is 19.1 Å². The first-order valence-electron chi connectivity index (χ1n) is 8.51. The zero-order chi connectivity index (χ0) is 20.1. The van der Waals surface area contributed by atoms with E-state index in [9.17, 15) is 14.4 Å². The Bertz CT molecular complexity index is 922. The van der Waals surface area contributed by atoms with E-state index in [-0.39, 0.29) is 5.91 Å². The van der Waals surface area contributed by atoms with Crippen LogP contribution in [0.2, 0.25) is 0 Å². The average molecular weight is 464 g/mol. The van der Waals surface area contributed by atoms with Gasteiger partial charge in [0.2, 0.25) is 5.91 Å². The van der Waals surface area contributed by atoms with Gasteiger partial charge in [-0.05, 0) is 43.3 Å². The van der Waals surface area contributed by atoms with Crippen molar-refractivity contribution in [2.24, 2.45) is 0 Å². The fraction of sp³-hybridized carbons (Fsp3) is 0.211. The summed E-state index contributed by atoms with van der Waals surface area (Å²) in [5.41, 5.74) is 5.63. The zero-order valence-corrected chi connectivity index (χ0v) is 17.4. The molecule has 3 rings (SSSR count). The Morgan fingerprint density at radius 2 is 2.04 bits per heavy atom. The number of anilines is 1. The fourth-order valence-electron chi connectivity index (χ4n) is 2.45. The third kappa shape index (κ3) is 5.26. The van der Waals surface area contributed by atoms with Gasteiger partial charge in [0.15, 0.2) is 6.10 Å². The largest absolute Gasteiger partial charge is 0.481 e. The van der Waals surface area contributed by atoms with Crippen LogP contribution < -0.4 is 20.9 Å². The number of fused-ring (bicyclic) bond motifs is 1. The van der Waals surface area contributed by atoms with E-state index in [1.54, 1.807) is 55.1 Å². The Morgan fingerprint density at radius 1 is 1.21 bits per heavy atom. The van der Waals surface area contributed by atoms with Crippen LogP contribution in [0.4, 0.5) is 5.69 Å². The van der Waals surface area contributed by atoms with Crippen LogP contribution in [0.15, 0.2) is 51.8 Å². The molecule has 0 saturated carbocycles. The van der Waals surface area contributed by atoms with E-state index in [4.69, 9.17) is 4.74 Å². The van der Waals surface area contributed by atoms with E-state index in [1.165, 1.54) is 0 Å². The number of hydrogen-bond donors (Lipinski definition) is 3. The van der Waals surface area contributed by atoms with Crippen molar-refractivity contribution in [2.75, 3.05) is 11.1 Å². The molecule has 7 nitrogen and oxygen atoms in total. The highest BCUT2D eigenvalue weighted by molar-refractivity contribution is 9.10. The Labute approximate surface area is 174 Å². The van der Waals surface area contributed by atoms with Gasteiger partial charge in [-0.15, -0.1) is 11.8 Å². The van der Waals surface area contributed by atoms with Gasteiger partial charge >= 0.3 is 0 Å². The van der Waals surface area contributed by atoms with E-state index < -0.39 is 17.9 Å². The molecule has 2 aromatic carbocycles. The molecule has 146 valence electrons. The predicted molar refractivity (Wildman–Crippen MR) is 110 cm³/mol. The first kappa shape index (κ1) is 20.2. The highest BCUT2D eigenvalue weighted by Gasteiger charge is 2.18. The maximum atomic E-state index is 12.3. The first-order chi connectivity index (χ1) is 13.4. The highest BCUT2D eigenvalue weighted by atomic mass is 79.9. The molecular formula is C19H18BrN3O4S. The number of rotatable bonds is 4. The summed E-state index contributed by atoms with van der Waals surface area (Å²) in [5.74, 6) is 0.148. The molecule has 0 aromatic heterocycles. The van der Waals surface area contributed by atoms with E-state index in [0.29, 0.717) is 29.2 Å². The molecule has 28 heavy (non-hydrogen) atoms. The summed E-state index contributed by atoms with van der Waals surface area (Å²) in [6.07, 6.45) is -0.385. The van der Waals surface area contributed by atoms with Gasteiger partial charge in [0.05, 0.1) is 5.69 Å². The molecule has 0 bridgehead atoms. The Kier molecular flexibility index (Phi) is 6.58. The highest BCUT2D eigenvalue weighted by Crippen LogP contribution is 2.31. The number of amides is 3. The summed E-state index contributed by atoms with van der Waals surface area (Å²) >= 11 is 4.89. The topological polar surface area (TPSA) is 96.5 Å². The lowest BCUT2D eigenvalue weighted by Crippen LogP contribution is -2.47. The Balaban J connectivity index is 1.57. The maximum absolute atomic E-state index is 12.3. The fourth-order valence-corrected chi connectivity index (χ4v) is 3.77. The SMILES string of the molecule is C[C@@H](Oc1cccc(Br)c1)C(=O)NNC(=O)c1ccc2c(c1)NC(=O)CCS2. The molecule has 3 N–H and O–H groups in total. The van der Waals surface area contributed by atoms with E-state index in [1.807, 2.05) is 6.07 Å². The summed E-state index contributed by atoms with van der Waals surface area (Å²) < 4.78 is 6.38. The number of halogens is 1. The van der Waals surface area contributed by atoms with E-state index >= 15 is 0 Å². The van der Waals surface area contributed by atoms with E-state index in [0.717, 1.165) is 9.37 Å². The number of thioether (sulfide) groups is 1. The molecule has 1 heterocycles. The lowest BCUT2D eigenvalue weighted by Gasteiger charge is -2.15. The normalized spacial score (nSPS) is 14.1. The summed E-state index contributed by atoms with van der Waals surface area (Å²) in [5, 5.41) is 2.78. The van der Waals surface area contributed by atoms with Crippen LogP contribution in [0.1, 0.15) is 23.7 Å². The minimum Gasteiger partial charge on any atom is -0.481 e. The van der Waals surface area contributed by atoms with Gasteiger partial charge in [-0.25, -0.2) is 0 Å². The van der Waals surface area contributed by atoms with Crippen molar-refractivity contribution in [1.29, 1.82) is 0 Å². The monoisotopic (exact) mass is 463 g/mol. The first-order valence-corrected chi connectivity index (χ1v) is 10.3. The lowest BCUT2D eigenvalue weighted by molar-refractivity contribution is -0.128. The molecule has 1 aliphatic heterocycles. The van der Waals surface area contributed by atoms with Crippen molar-refractivity contribution in [3.63, 3.8) is 0 Å². The molecule has 0 radical (unpaired) electrons. The smallest absolute Gasteiger partial charge is 0.279 e. The number of ether oxygens (including phenoxy) is 1. The van der Waals surface area contributed by atoms with Gasteiger partial charge in [0, 0.05) is 27.1 Å². The number of nitrogens with one attached hydrogen (secondary N) is 3. The van der Waals surface area contributed by atoms with E-state index in [2.05, 4.69) is 32.1 Å². The van der Waals surface area contributed by atoms with Gasteiger partial charge < -0.3 is 10.1 Å². The lowest BCUT2D eigenvalue weighted by atomic mass is 10.2. The Hall–Kier alpha value is -2.52. The van der Waals surface area contributed by atoms with Crippen molar-refractivity contribution in [1.82, 2.24) is 10.9 Å². The molecule has 0 spiro atoms. The van der Waals surface area contributed by atoms with Crippen molar-refractivity contribution in [3.8, 4) is 5.75 Å². The summed E-state index contributed by atoms with van der Waals surface area (Å²) in [4.78, 5) is 37.1. The predicted octanol–water partition coefficient (Wildman–Crippen LogP) is 3.11. The average Bonchev–Trinajstić information content (AvgIpc) is 2.85. The minimum atomic E-state index is -0.808. The number of benzene rings is 2. The second kappa shape index (κ2) is 9.11. The van der Waals surface area contributed by atoms with Crippen LogP contribution in [0.5, 0.6) is 5.75 Å². The summed E-state index contributed by atoms with van der Waals surface area (Å²) in [7, 11) is 0. The van der Waals surface area contributed by atoms with Crippen molar-refractivity contribution in [3.05, 3.63) is 52.5 Å². The molecule has 1 atom stereocenters. The van der Waals surface area contributed by atoms with Crippen LogP contribution in [-0.2, 0) is 9.59 Å². The zero-order valence-electron chi connectivity index (χ0n) is 15.0. The Morgan fingerprint density at radius 3 is 2.82 bits per heavy atom. The molecule has 0 unspecified atom stereocenters. The number of hydrazine groups is 1. The molecule has 0 aliphatic carbocycles. The van der Waals surface area contributed by atoms with Gasteiger partial charge in [0.25, 0.3) is 11.8 Å². The number of carbonyl (C=O) groups excluding carboxylic acids is 3. The maximum Gasteiger partial charge on any atom is 0.279 e. The molecule has 0 fully saturated rings. The quantitative estimate of drug-likeness (QED) is 0.605. The second-order valence-electron chi connectivity index (χ2n) is 6.02. The molecule has 0 saturated heterocycles. The third-order valence-corrected chi connectivity index (χ3v) is 5.45. The molecule has 3 amide bonds. The molecule has 1 aliphatic rings. The summed E-state index contributed by atoms with van der Waals surface area (Å²) in [6.45, 7) is 1.58.